The first-order valence-electron chi connectivity index (χ1n) is 6.77. The molecule has 0 heterocycles. The molecule has 0 aromatic heterocycles. The van der Waals surface area contributed by atoms with Gasteiger partial charge in [-0.2, -0.15) is 0 Å². The molecule has 0 saturated heterocycles. The molecule has 1 aromatic rings. The molecule has 1 amide bonds. The monoisotopic (exact) mass is 314 g/mol. The number of rotatable bonds is 6. The molecule has 0 aliphatic rings. The van der Waals surface area contributed by atoms with Gasteiger partial charge < -0.3 is 4.74 Å². The van der Waals surface area contributed by atoms with Gasteiger partial charge in [0.1, 0.15) is 0 Å². The third kappa shape index (κ3) is 6.14. The van der Waals surface area contributed by atoms with E-state index in [-0.39, 0.29) is 16.9 Å². The average Bonchev–Trinajstić information content (AvgIpc) is 2.35. The van der Waals surface area contributed by atoms with Crippen LogP contribution in [0.1, 0.15) is 27.7 Å². The van der Waals surface area contributed by atoms with Crippen molar-refractivity contribution < 1.29 is 17.9 Å². The highest BCUT2D eigenvalue weighted by Gasteiger charge is 2.15. The molecule has 0 atom stereocenters. The van der Waals surface area contributed by atoms with E-state index in [1.54, 1.807) is 13.8 Å². The van der Waals surface area contributed by atoms with Crippen LogP contribution in [-0.4, -0.2) is 27.2 Å². The second-order valence-electron chi connectivity index (χ2n) is 5.42. The Bertz CT molecular complexity index is 565. The van der Waals surface area contributed by atoms with Crippen LogP contribution in [-0.2, 0) is 14.8 Å². The molecule has 21 heavy (non-hydrogen) atoms. The topological polar surface area (TPSA) is 84.5 Å². The second kappa shape index (κ2) is 7.42. The molecule has 0 spiro atoms. The zero-order valence-electron chi connectivity index (χ0n) is 12.7. The zero-order chi connectivity index (χ0) is 16.0. The Morgan fingerprint density at radius 1 is 1.14 bits per heavy atom. The highest BCUT2D eigenvalue weighted by molar-refractivity contribution is 7.89. The maximum absolute atomic E-state index is 11.9. The van der Waals surface area contributed by atoms with Gasteiger partial charge in [-0.3, -0.25) is 5.32 Å². The van der Waals surface area contributed by atoms with Crippen LogP contribution in [0.4, 0.5) is 10.5 Å². The number of hydrogen-bond acceptors (Lipinski definition) is 4. The Morgan fingerprint density at radius 2 is 1.71 bits per heavy atom. The van der Waals surface area contributed by atoms with E-state index in [4.69, 9.17) is 4.74 Å². The Morgan fingerprint density at radius 3 is 2.19 bits per heavy atom. The summed E-state index contributed by atoms with van der Waals surface area (Å²) in [5.41, 5.74) is 0.479. The fourth-order valence-corrected chi connectivity index (χ4v) is 2.74. The van der Waals surface area contributed by atoms with Crippen molar-refractivity contribution in [2.75, 3.05) is 11.9 Å². The summed E-state index contributed by atoms with van der Waals surface area (Å²) in [4.78, 5) is 11.6. The summed E-state index contributed by atoms with van der Waals surface area (Å²) in [6.07, 6.45) is -0.556. The van der Waals surface area contributed by atoms with Gasteiger partial charge in [-0.25, -0.2) is 17.9 Å². The molecule has 2 N–H and O–H groups in total. The Balaban J connectivity index is 2.68. The van der Waals surface area contributed by atoms with Crippen LogP contribution in [0.15, 0.2) is 29.2 Å². The van der Waals surface area contributed by atoms with Crippen LogP contribution in [0.5, 0.6) is 0 Å². The van der Waals surface area contributed by atoms with E-state index < -0.39 is 16.1 Å². The lowest BCUT2D eigenvalue weighted by Crippen LogP contribution is -2.30. The summed E-state index contributed by atoms with van der Waals surface area (Å²) in [6, 6.07) is 5.72. The molecule has 0 saturated carbocycles. The molecule has 0 unspecified atom stereocenters. The number of hydrogen-bond donors (Lipinski definition) is 2. The van der Waals surface area contributed by atoms with Gasteiger partial charge in [0, 0.05) is 11.7 Å². The summed E-state index contributed by atoms with van der Waals surface area (Å²) in [6.45, 7) is 7.70. The fourth-order valence-electron chi connectivity index (χ4n) is 1.49. The van der Waals surface area contributed by atoms with Gasteiger partial charge in [0.15, 0.2) is 0 Å². The Hall–Kier alpha value is -1.60. The molecule has 1 aromatic carbocycles. The maximum Gasteiger partial charge on any atom is 0.411 e. The fraction of sp³-hybridized carbons (Fsp3) is 0.500. The van der Waals surface area contributed by atoms with Gasteiger partial charge in [-0.15, -0.1) is 0 Å². The van der Waals surface area contributed by atoms with Gasteiger partial charge in [-0.05, 0) is 44.0 Å². The summed E-state index contributed by atoms with van der Waals surface area (Å²) >= 11 is 0. The number of amides is 1. The largest absolute Gasteiger partial charge is 0.449 e. The first kappa shape index (κ1) is 17.5. The first-order chi connectivity index (χ1) is 9.70. The van der Waals surface area contributed by atoms with Crippen LogP contribution in [0.3, 0.4) is 0 Å². The molecule has 7 heteroatoms. The van der Waals surface area contributed by atoms with Crippen LogP contribution in [0.2, 0.25) is 0 Å². The molecule has 0 fully saturated rings. The van der Waals surface area contributed by atoms with Crippen LogP contribution in [0.25, 0.3) is 0 Å². The predicted molar refractivity (Wildman–Crippen MR) is 81.7 cm³/mol. The van der Waals surface area contributed by atoms with Gasteiger partial charge >= 0.3 is 6.09 Å². The van der Waals surface area contributed by atoms with Gasteiger partial charge in [0.05, 0.1) is 11.5 Å². The van der Waals surface area contributed by atoms with E-state index in [0.717, 1.165) is 0 Å². The number of sulfonamides is 1. The highest BCUT2D eigenvalue weighted by Crippen LogP contribution is 2.14. The summed E-state index contributed by atoms with van der Waals surface area (Å²) in [5.74, 6) is 0.255. The molecule has 118 valence electrons. The Kier molecular flexibility index (Phi) is 6.17. The number of nitrogens with one attached hydrogen (secondary N) is 2. The summed E-state index contributed by atoms with van der Waals surface area (Å²) in [5, 5.41) is 2.54. The molecule has 0 bridgehead atoms. The number of anilines is 1. The smallest absolute Gasteiger partial charge is 0.411 e. The molecular formula is C14H22N2O4S. The van der Waals surface area contributed by atoms with Crippen molar-refractivity contribution in [2.24, 2.45) is 5.92 Å². The average molecular weight is 314 g/mol. The molecule has 0 aliphatic heterocycles. The van der Waals surface area contributed by atoms with Crippen LogP contribution in [0, 0.1) is 5.92 Å². The molecule has 6 nitrogen and oxygen atoms in total. The van der Waals surface area contributed by atoms with E-state index in [9.17, 15) is 13.2 Å². The van der Waals surface area contributed by atoms with Crippen molar-refractivity contribution in [3.63, 3.8) is 0 Å². The summed E-state index contributed by atoms with van der Waals surface area (Å²) in [7, 11) is -3.52. The minimum absolute atomic E-state index is 0.150. The van der Waals surface area contributed by atoms with Crippen LogP contribution >= 0.6 is 0 Å². The quantitative estimate of drug-likeness (QED) is 0.845. The minimum atomic E-state index is -3.52. The lowest BCUT2D eigenvalue weighted by molar-refractivity contribution is 0.147. The predicted octanol–water partition coefficient (Wildman–Crippen LogP) is 2.58. The van der Waals surface area contributed by atoms with E-state index in [1.165, 1.54) is 24.3 Å². The zero-order valence-corrected chi connectivity index (χ0v) is 13.5. The molecule has 1 rings (SSSR count). The highest BCUT2D eigenvalue weighted by atomic mass is 32.2. The molecule has 0 aliphatic carbocycles. The van der Waals surface area contributed by atoms with E-state index in [2.05, 4.69) is 10.0 Å². The van der Waals surface area contributed by atoms with Crippen molar-refractivity contribution in [1.29, 1.82) is 0 Å². The number of carbonyl (C=O) groups is 1. The van der Waals surface area contributed by atoms with Gasteiger partial charge in [-0.1, -0.05) is 13.8 Å². The molecule has 0 radical (unpaired) electrons. The first-order valence-corrected chi connectivity index (χ1v) is 8.25. The Labute approximate surface area is 125 Å². The van der Waals surface area contributed by atoms with Crippen molar-refractivity contribution >= 4 is 21.8 Å². The lowest BCUT2D eigenvalue weighted by atomic mass is 10.2. The molecular weight excluding hydrogens is 292 g/mol. The van der Waals surface area contributed by atoms with E-state index >= 15 is 0 Å². The standard InChI is InChI=1S/C14H22N2O4S/c1-10(2)9-20-14(17)15-12-5-7-13(8-6-12)21(18,19)16-11(3)4/h5-8,10-11,16H,9H2,1-4H3,(H,15,17). The van der Waals surface area contributed by atoms with Crippen molar-refractivity contribution in [2.45, 2.75) is 38.6 Å². The van der Waals surface area contributed by atoms with Gasteiger partial charge in [0.2, 0.25) is 10.0 Å². The van der Waals surface area contributed by atoms with Crippen molar-refractivity contribution in [1.82, 2.24) is 4.72 Å². The van der Waals surface area contributed by atoms with Gasteiger partial charge in [0.25, 0.3) is 0 Å². The minimum Gasteiger partial charge on any atom is -0.449 e. The SMILES string of the molecule is CC(C)COC(=O)Nc1ccc(S(=O)(=O)NC(C)C)cc1. The normalized spacial score (nSPS) is 11.7. The number of benzene rings is 1. The maximum atomic E-state index is 11.9. The second-order valence-corrected chi connectivity index (χ2v) is 7.13. The third-order valence-electron chi connectivity index (χ3n) is 2.35. The van der Waals surface area contributed by atoms with Crippen molar-refractivity contribution in [3.05, 3.63) is 24.3 Å². The number of ether oxygens (including phenoxy) is 1. The van der Waals surface area contributed by atoms with Crippen molar-refractivity contribution in [3.8, 4) is 0 Å². The number of carbonyl (C=O) groups excluding carboxylic acids is 1. The van der Waals surface area contributed by atoms with E-state index in [1.807, 2.05) is 13.8 Å². The van der Waals surface area contributed by atoms with E-state index in [0.29, 0.717) is 12.3 Å². The summed E-state index contributed by atoms with van der Waals surface area (Å²) < 4.78 is 31.3. The third-order valence-corrected chi connectivity index (χ3v) is 4.02. The van der Waals surface area contributed by atoms with Crippen LogP contribution < -0.4 is 10.0 Å². The lowest BCUT2D eigenvalue weighted by Gasteiger charge is -2.11.